The predicted molar refractivity (Wildman–Crippen MR) is 263 cm³/mol. The molecule has 10 aromatic carbocycles. The Morgan fingerprint density at radius 2 is 0.726 bits per heavy atom. The Bertz CT molecular complexity index is 3300. The summed E-state index contributed by atoms with van der Waals surface area (Å²) in [6.45, 7) is 0. The summed E-state index contributed by atoms with van der Waals surface area (Å²) in [4.78, 5) is 2.37. The maximum absolute atomic E-state index is 2.38. The van der Waals surface area contributed by atoms with Gasteiger partial charge in [-0.3, -0.25) is 0 Å². The van der Waals surface area contributed by atoms with Crippen LogP contribution < -0.4 is 4.90 Å². The van der Waals surface area contributed by atoms with Gasteiger partial charge in [-0.05, 0) is 122 Å². The van der Waals surface area contributed by atoms with Crippen LogP contribution in [0.3, 0.4) is 0 Å². The number of nitrogens with zero attached hydrogens (tertiary/aromatic N) is 2. The molecule has 0 N–H and O–H groups in total. The topological polar surface area (TPSA) is 8.17 Å². The molecule has 0 atom stereocenters. The quantitative estimate of drug-likeness (QED) is 0.141. The summed E-state index contributed by atoms with van der Waals surface area (Å²) < 4.78 is 2.38. The molecule has 11 rings (SSSR count). The molecule has 0 saturated heterocycles. The number of benzene rings is 10. The van der Waals surface area contributed by atoms with Gasteiger partial charge < -0.3 is 9.47 Å². The van der Waals surface area contributed by atoms with Crippen molar-refractivity contribution in [1.82, 2.24) is 4.57 Å². The van der Waals surface area contributed by atoms with Crippen LogP contribution in [0.2, 0.25) is 0 Å². The summed E-state index contributed by atoms with van der Waals surface area (Å²) in [5, 5.41) is 2.51. The van der Waals surface area contributed by atoms with E-state index in [2.05, 4.69) is 264 Å². The Morgan fingerprint density at radius 3 is 1.40 bits per heavy atom. The first kappa shape index (κ1) is 36.8. The number of rotatable bonds is 9. The van der Waals surface area contributed by atoms with Crippen LogP contribution in [0.25, 0.3) is 83.1 Å². The van der Waals surface area contributed by atoms with E-state index in [1.807, 2.05) is 0 Å². The lowest BCUT2D eigenvalue weighted by molar-refractivity contribution is 1.18. The Balaban J connectivity index is 1.00. The molecule has 2 nitrogen and oxygen atoms in total. The zero-order valence-corrected chi connectivity index (χ0v) is 34.1. The summed E-state index contributed by atoms with van der Waals surface area (Å²) >= 11 is 0. The third-order valence-corrected chi connectivity index (χ3v) is 12.0. The van der Waals surface area contributed by atoms with E-state index in [-0.39, 0.29) is 0 Å². The van der Waals surface area contributed by atoms with E-state index >= 15 is 0 Å². The zero-order chi connectivity index (χ0) is 41.2. The Hall–Kier alpha value is -8.20. The molecule has 0 fully saturated rings. The normalized spacial score (nSPS) is 11.2. The molecule has 62 heavy (non-hydrogen) atoms. The number of anilines is 3. The molecule has 0 bridgehead atoms. The van der Waals surface area contributed by atoms with Crippen LogP contribution in [0.4, 0.5) is 17.1 Å². The second-order valence-electron chi connectivity index (χ2n) is 15.7. The molecule has 0 aliphatic heterocycles. The van der Waals surface area contributed by atoms with Gasteiger partial charge in [0.05, 0.1) is 11.0 Å². The molecule has 1 aromatic heterocycles. The number of hydrogen-bond acceptors (Lipinski definition) is 1. The van der Waals surface area contributed by atoms with Gasteiger partial charge in [0.2, 0.25) is 0 Å². The van der Waals surface area contributed by atoms with Crippen molar-refractivity contribution in [2.24, 2.45) is 0 Å². The fourth-order valence-electron chi connectivity index (χ4n) is 9.06. The standard InChI is InChI=1S/C60H42N2/c1-5-17-43(18-6-1)48-23-15-26-53(41-48)61(51-36-31-44(32-37-51)49-35-40-54(45-19-7-2-8-20-45)57(42-49)46-21-9-3-10-22-46)52-38-33-47(34-39-52)55-28-16-30-59-60(55)56-27-13-14-29-58(56)62(59)50-24-11-4-12-25-50/h1-42H. The van der Waals surface area contributed by atoms with Gasteiger partial charge in [-0.1, -0.05) is 188 Å². The number of aromatic nitrogens is 1. The summed E-state index contributed by atoms with van der Waals surface area (Å²) in [7, 11) is 0. The predicted octanol–water partition coefficient (Wildman–Crippen LogP) is 16.6. The highest BCUT2D eigenvalue weighted by atomic mass is 15.1. The van der Waals surface area contributed by atoms with E-state index in [4.69, 9.17) is 0 Å². The molecular weight excluding hydrogens is 749 g/mol. The van der Waals surface area contributed by atoms with Crippen molar-refractivity contribution in [3.8, 4) is 61.3 Å². The minimum atomic E-state index is 1.09. The van der Waals surface area contributed by atoms with E-state index in [0.717, 1.165) is 22.7 Å². The molecular formula is C60H42N2. The van der Waals surface area contributed by atoms with Crippen LogP contribution in [0.15, 0.2) is 255 Å². The third-order valence-electron chi connectivity index (χ3n) is 12.0. The van der Waals surface area contributed by atoms with Crippen molar-refractivity contribution >= 4 is 38.9 Å². The molecule has 0 aliphatic rings. The monoisotopic (exact) mass is 790 g/mol. The maximum Gasteiger partial charge on any atom is 0.0547 e. The van der Waals surface area contributed by atoms with Crippen molar-refractivity contribution < 1.29 is 0 Å². The lowest BCUT2D eigenvalue weighted by Crippen LogP contribution is -2.10. The molecule has 0 radical (unpaired) electrons. The van der Waals surface area contributed by atoms with E-state index in [0.29, 0.717) is 0 Å². The van der Waals surface area contributed by atoms with Gasteiger partial charge in [0, 0.05) is 33.5 Å². The van der Waals surface area contributed by atoms with Crippen molar-refractivity contribution in [2.45, 2.75) is 0 Å². The summed E-state index contributed by atoms with van der Waals surface area (Å²) in [5.41, 5.74) is 18.8. The van der Waals surface area contributed by atoms with Crippen molar-refractivity contribution in [3.63, 3.8) is 0 Å². The second kappa shape index (κ2) is 16.1. The minimum absolute atomic E-state index is 1.09. The fourth-order valence-corrected chi connectivity index (χ4v) is 9.06. The van der Waals surface area contributed by atoms with Gasteiger partial charge in [-0.2, -0.15) is 0 Å². The van der Waals surface area contributed by atoms with E-state index < -0.39 is 0 Å². The molecule has 0 saturated carbocycles. The maximum atomic E-state index is 2.38. The summed E-state index contributed by atoms with van der Waals surface area (Å²) in [6.07, 6.45) is 0. The average Bonchev–Trinajstić information content (AvgIpc) is 3.70. The van der Waals surface area contributed by atoms with Gasteiger partial charge in [-0.15, -0.1) is 0 Å². The first-order chi connectivity index (χ1) is 30.8. The van der Waals surface area contributed by atoms with Gasteiger partial charge >= 0.3 is 0 Å². The molecule has 2 heteroatoms. The first-order valence-electron chi connectivity index (χ1n) is 21.3. The molecule has 0 aliphatic carbocycles. The number of hydrogen-bond donors (Lipinski definition) is 0. The first-order valence-corrected chi connectivity index (χ1v) is 21.3. The lowest BCUT2D eigenvalue weighted by atomic mass is 9.91. The van der Waals surface area contributed by atoms with Crippen molar-refractivity contribution in [3.05, 3.63) is 255 Å². The highest BCUT2D eigenvalue weighted by Gasteiger charge is 2.18. The van der Waals surface area contributed by atoms with E-state index in [9.17, 15) is 0 Å². The largest absolute Gasteiger partial charge is 0.310 e. The Kier molecular flexibility index (Phi) is 9.57. The summed E-state index contributed by atoms with van der Waals surface area (Å²) in [6, 6.07) is 91.9. The molecule has 0 amide bonds. The number of fused-ring (bicyclic) bond motifs is 3. The van der Waals surface area contributed by atoms with Crippen LogP contribution >= 0.6 is 0 Å². The number of para-hydroxylation sites is 2. The van der Waals surface area contributed by atoms with E-state index in [1.54, 1.807) is 0 Å². The SMILES string of the molecule is c1ccc(-c2cccc(N(c3ccc(-c4ccc(-c5ccccc5)c(-c5ccccc5)c4)cc3)c3ccc(-c4cccc5c4c4ccccc4n5-c4ccccc4)cc3)c2)cc1. The molecule has 292 valence electrons. The smallest absolute Gasteiger partial charge is 0.0547 e. The fraction of sp³-hybridized carbons (Fsp3) is 0. The Labute approximate surface area is 362 Å². The van der Waals surface area contributed by atoms with Crippen LogP contribution in [-0.4, -0.2) is 4.57 Å². The van der Waals surface area contributed by atoms with Crippen molar-refractivity contribution in [1.29, 1.82) is 0 Å². The molecule has 0 spiro atoms. The highest BCUT2D eigenvalue weighted by molar-refractivity contribution is 6.15. The van der Waals surface area contributed by atoms with Gasteiger partial charge in [-0.25, -0.2) is 0 Å². The van der Waals surface area contributed by atoms with Crippen LogP contribution in [-0.2, 0) is 0 Å². The zero-order valence-electron chi connectivity index (χ0n) is 34.1. The van der Waals surface area contributed by atoms with Crippen LogP contribution in [0.1, 0.15) is 0 Å². The van der Waals surface area contributed by atoms with Crippen LogP contribution in [0.5, 0.6) is 0 Å². The van der Waals surface area contributed by atoms with Gasteiger partial charge in [0.15, 0.2) is 0 Å². The van der Waals surface area contributed by atoms with Gasteiger partial charge in [0.1, 0.15) is 0 Å². The van der Waals surface area contributed by atoms with Crippen LogP contribution in [0, 0.1) is 0 Å². The Morgan fingerprint density at radius 1 is 0.258 bits per heavy atom. The van der Waals surface area contributed by atoms with Crippen molar-refractivity contribution in [2.75, 3.05) is 4.90 Å². The van der Waals surface area contributed by atoms with Gasteiger partial charge in [0.25, 0.3) is 0 Å². The molecule has 11 aromatic rings. The molecule has 0 unspecified atom stereocenters. The minimum Gasteiger partial charge on any atom is -0.310 e. The van der Waals surface area contributed by atoms with E-state index in [1.165, 1.54) is 77.4 Å². The molecule has 1 heterocycles. The third kappa shape index (κ3) is 6.84. The summed E-state index contributed by atoms with van der Waals surface area (Å²) in [5.74, 6) is 0. The second-order valence-corrected chi connectivity index (χ2v) is 15.7. The lowest BCUT2D eigenvalue weighted by Gasteiger charge is -2.26. The highest BCUT2D eigenvalue weighted by Crippen LogP contribution is 2.42. The average molecular weight is 791 g/mol.